The molecular formula is C29H33F3N4O4. The van der Waals surface area contributed by atoms with Gasteiger partial charge in [0.05, 0.1) is 5.69 Å². The largest absolute Gasteiger partial charge is 0.490 e. The fraction of sp³-hybridized carbons (Fsp3) is 0.379. The van der Waals surface area contributed by atoms with E-state index in [0.717, 1.165) is 62.2 Å². The van der Waals surface area contributed by atoms with Gasteiger partial charge >= 0.3 is 12.1 Å². The van der Waals surface area contributed by atoms with Gasteiger partial charge in [-0.1, -0.05) is 38.8 Å². The SMILES string of the molecule is CCCC1=Nc2cc(C(=O)Nc3ccc4c(c3)CCNC4)ccc2C=C(C(N)=O)C1CCC.O=C(O)C(F)(F)F. The zero-order valence-electron chi connectivity index (χ0n) is 22.4. The van der Waals surface area contributed by atoms with Gasteiger partial charge in [0.15, 0.2) is 0 Å². The van der Waals surface area contributed by atoms with Gasteiger partial charge in [0, 0.05) is 40.6 Å². The van der Waals surface area contributed by atoms with Gasteiger partial charge in [-0.15, -0.1) is 0 Å². The van der Waals surface area contributed by atoms with E-state index < -0.39 is 18.1 Å². The monoisotopic (exact) mass is 558 g/mol. The van der Waals surface area contributed by atoms with E-state index in [-0.39, 0.29) is 11.8 Å². The number of rotatable bonds is 7. The van der Waals surface area contributed by atoms with Crippen LogP contribution in [0.5, 0.6) is 0 Å². The third-order valence-electron chi connectivity index (χ3n) is 6.61. The Morgan fingerprint density at radius 2 is 1.82 bits per heavy atom. The summed E-state index contributed by atoms with van der Waals surface area (Å²) in [7, 11) is 0. The molecule has 214 valence electrons. The van der Waals surface area contributed by atoms with Crippen molar-refractivity contribution in [2.24, 2.45) is 16.6 Å². The van der Waals surface area contributed by atoms with Crippen LogP contribution in [0.15, 0.2) is 47.0 Å². The van der Waals surface area contributed by atoms with Crippen molar-refractivity contribution in [2.75, 3.05) is 11.9 Å². The van der Waals surface area contributed by atoms with E-state index in [9.17, 15) is 22.8 Å². The third-order valence-corrected chi connectivity index (χ3v) is 6.61. The van der Waals surface area contributed by atoms with E-state index in [1.165, 1.54) is 11.1 Å². The van der Waals surface area contributed by atoms with Crippen molar-refractivity contribution in [1.82, 2.24) is 5.32 Å². The minimum absolute atomic E-state index is 0.0814. The van der Waals surface area contributed by atoms with Crippen molar-refractivity contribution in [1.29, 1.82) is 0 Å². The summed E-state index contributed by atoms with van der Waals surface area (Å²) in [6.45, 7) is 6.02. The van der Waals surface area contributed by atoms with Crippen molar-refractivity contribution in [2.45, 2.75) is 58.7 Å². The number of primary amides is 1. The Kier molecular flexibility index (Phi) is 10.2. The summed E-state index contributed by atoms with van der Waals surface area (Å²) in [5.41, 5.74) is 12.7. The summed E-state index contributed by atoms with van der Waals surface area (Å²) in [5, 5.41) is 13.5. The van der Waals surface area contributed by atoms with Crippen LogP contribution in [-0.4, -0.2) is 41.3 Å². The van der Waals surface area contributed by atoms with Gasteiger partial charge < -0.3 is 21.5 Å². The Balaban J connectivity index is 0.000000559. The number of anilines is 1. The standard InChI is InChI=1S/C27H32N4O2.C2HF3O2/c1-3-5-22-23(26(28)32)14-18-7-8-19(15-25(18)31-24(22)6-4-2)27(33)30-21-10-9-20-16-29-12-11-17(20)13-21;3-2(4,5)1(6)7/h7-10,13-15,22,29H,3-6,11-12,16H2,1-2H3,(H2,28,32)(H,30,33);(H,6,7). The molecular weight excluding hydrogens is 525 g/mol. The van der Waals surface area contributed by atoms with Crippen LogP contribution in [0.4, 0.5) is 24.5 Å². The maximum absolute atomic E-state index is 13.0. The van der Waals surface area contributed by atoms with E-state index in [1.807, 2.05) is 24.3 Å². The quantitative estimate of drug-likeness (QED) is 0.362. The topological polar surface area (TPSA) is 134 Å². The molecule has 2 aromatic carbocycles. The first kappa shape index (κ1) is 30.6. The summed E-state index contributed by atoms with van der Waals surface area (Å²) in [4.78, 5) is 39.1. The number of benzene rings is 2. The van der Waals surface area contributed by atoms with E-state index in [2.05, 4.69) is 36.6 Å². The minimum Gasteiger partial charge on any atom is -0.475 e. The predicted octanol–water partition coefficient (Wildman–Crippen LogP) is 5.39. The fourth-order valence-electron chi connectivity index (χ4n) is 4.68. The second kappa shape index (κ2) is 13.4. The van der Waals surface area contributed by atoms with Gasteiger partial charge in [-0.05, 0) is 67.3 Å². The average Bonchev–Trinajstić information content (AvgIpc) is 3.05. The number of aliphatic imine (C=N–C) groups is 1. The lowest BCUT2D eigenvalue weighted by molar-refractivity contribution is -0.192. The molecule has 2 aromatic rings. The summed E-state index contributed by atoms with van der Waals surface area (Å²) >= 11 is 0. The number of hydrogen-bond donors (Lipinski definition) is 4. The zero-order chi connectivity index (χ0) is 29.4. The van der Waals surface area contributed by atoms with Crippen LogP contribution < -0.4 is 16.4 Å². The molecule has 0 aliphatic carbocycles. The number of amides is 2. The lowest BCUT2D eigenvalue weighted by Gasteiger charge is -2.18. The molecule has 0 saturated carbocycles. The first-order valence-corrected chi connectivity index (χ1v) is 13.1. The lowest BCUT2D eigenvalue weighted by Crippen LogP contribution is -2.25. The average molecular weight is 559 g/mol. The minimum atomic E-state index is -5.08. The molecule has 11 heteroatoms. The summed E-state index contributed by atoms with van der Waals surface area (Å²) < 4.78 is 31.7. The number of carboxylic acids is 1. The predicted molar refractivity (Wildman–Crippen MR) is 148 cm³/mol. The van der Waals surface area contributed by atoms with Gasteiger partial charge in [0.25, 0.3) is 5.91 Å². The molecule has 0 fully saturated rings. The number of halogens is 3. The highest BCUT2D eigenvalue weighted by Crippen LogP contribution is 2.34. The number of fused-ring (bicyclic) bond motifs is 2. The normalized spacial score (nSPS) is 16.2. The van der Waals surface area contributed by atoms with E-state index in [4.69, 9.17) is 20.6 Å². The molecule has 8 nitrogen and oxygen atoms in total. The molecule has 1 unspecified atom stereocenters. The number of carbonyl (C=O) groups is 3. The highest BCUT2D eigenvalue weighted by Gasteiger charge is 2.38. The van der Waals surface area contributed by atoms with Gasteiger partial charge in [-0.2, -0.15) is 13.2 Å². The smallest absolute Gasteiger partial charge is 0.475 e. The van der Waals surface area contributed by atoms with Crippen LogP contribution in [0.2, 0.25) is 0 Å². The Morgan fingerprint density at radius 1 is 1.10 bits per heavy atom. The molecule has 2 aliphatic heterocycles. The zero-order valence-corrected chi connectivity index (χ0v) is 22.4. The molecule has 2 amide bonds. The highest BCUT2D eigenvalue weighted by atomic mass is 19.4. The maximum atomic E-state index is 13.0. The van der Waals surface area contributed by atoms with Crippen LogP contribution in [0, 0.1) is 5.92 Å². The number of carboxylic acid groups (broad SMARTS) is 1. The second-order valence-electron chi connectivity index (χ2n) is 9.60. The van der Waals surface area contributed by atoms with Gasteiger partial charge in [-0.3, -0.25) is 14.6 Å². The van der Waals surface area contributed by atoms with Crippen molar-refractivity contribution < 1.29 is 32.7 Å². The molecule has 0 spiro atoms. The second-order valence-corrected chi connectivity index (χ2v) is 9.60. The van der Waals surface area contributed by atoms with Crippen molar-refractivity contribution in [3.05, 3.63) is 64.2 Å². The molecule has 1 atom stereocenters. The Bertz CT molecular complexity index is 1340. The van der Waals surface area contributed by atoms with Gasteiger partial charge in [0.1, 0.15) is 0 Å². The molecule has 5 N–H and O–H groups in total. The van der Waals surface area contributed by atoms with Crippen LogP contribution in [0.1, 0.15) is 66.6 Å². The molecule has 2 heterocycles. The van der Waals surface area contributed by atoms with Gasteiger partial charge in [-0.25, -0.2) is 4.79 Å². The number of carbonyl (C=O) groups excluding carboxylic acids is 2. The lowest BCUT2D eigenvalue weighted by atomic mass is 9.86. The highest BCUT2D eigenvalue weighted by molar-refractivity contribution is 6.09. The molecule has 40 heavy (non-hydrogen) atoms. The molecule has 0 aromatic heterocycles. The molecule has 2 aliphatic rings. The summed E-state index contributed by atoms with van der Waals surface area (Å²) in [6, 6.07) is 11.5. The van der Waals surface area contributed by atoms with Crippen LogP contribution in [-0.2, 0) is 22.6 Å². The number of nitrogens with two attached hydrogens (primary N) is 1. The summed E-state index contributed by atoms with van der Waals surface area (Å²) in [6.07, 6.45) is 1.19. The molecule has 0 bridgehead atoms. The van der Waals surface area contributed by atoms with Crippen molar-refractivity contribution in [3.8, 4) is 0 Å². The number of hydrogen-bond acceptors (Lipinski definition) is 5. The molecule has 0 radical (unpaired) electrons. The Morgan fingerprint density at radius 3 is 2.45 bits per heavy atom. The van der Waals surface area contributed by atoms with Crippen molar-refractivity contribution >= 4 is 40.9 Å². The maximum Gasteiger partial charge on any atom is 0.490 e. The first-order valence-electron chi connectivity index (χ1n) is 13.1. The van der Waals surface area contributed by atoms with E-state index in [1.54, 1.807) is 6.07 Å². The van der Waals surface area contributed by atoms with Crippen LogP contribution >= 0.6 is 0 Å². The first-order chi connectivity index (χ1) is 18.9. The fourth-order valence-corrected chi connectivity index (χ4v) is 4.68. The van der Waals surface area contributed by atoms with Crippen LogP contribution in [0.3, 0.4) is 0 Å². The Labute approximate surface area is 230 Å². The van der Waals surface area contributed by atoms with Gasteiger partial charge in [0.2, 0.25) is 5.91 Å². The van der Waals surface area contributed by atoms with Crippen molar-refractivity contribution in [3.63, 3.8) is 0 Å². The number of alkyl halides is 3. The summed E-state index contributed by atoms with van der Waals surface area (Å²) in [5.74, 6) is -3.42. The Hall–Kier alpha value is -3.99. The van der Waals surface area contributed by atoms with E-state index in [0.29, 0.717) is 16.8 Å². The molecule has 0 saturated heterocycles. The van der Waals surface area contributed by atoms with E-state index >= 15 is 0 Å². The number of nitrogens with one attached hydrogen (secondary N) is 2. The van der Waals surface area contributed by atoms with Crippen LogP contribution in [0.25, 0.3) is 6.08 Å². The number of nitrogens with zero attached hydrogens (tertiary/aromatic N) is 1. The third kappa shape index (κ3) is 7.78. The number of aliphatic carboxylic acids is 1. The molecule has 4 rings (SSSR count).